The Morgan fingerprint density at radius 3 is 2.71 bits per heavy atom. The lowest BCUT2D eigenvalue weighted by atomic mass is 10.0. The van der Waals surface area contributed by atoms with Crippen molar-refractivity contribution in [3.05, 3.63) is 29.8 Å². The van der Waals surface area contributed by atoms with Crippen LogP contribution in [0.2, 0.25) is 0 Å². The lowest BCUT2D eigenvalue weighted by Crippen LogP contribution is -2.28. The molecule has 1 atom stereocenters. The Morgan fingerprint density at radius 2 is 2.12 bits per heavy atom. The minimum Gasteiger partial charge on any atom is -0.497 e. The summed E-state index contributed by atoms with van der Waals surface area (Å²) in [6, 6.07) is 8.29. The maximum Gasteiger partial charge on any atom is 0.119 e. The summed E-state index contributed by atoms with van der Waals surface area (Å²) in [6.45, 7) is 6.55. The van der Waals surface area contributed by atoms with E-state index in [0.29, 0.717) is 0 Å². The van der Waals surface area contributed by atoms with Gasteiger partial charge in [-0.3, -0.25) is 0 Å². The molecule has 96 valence electrons. The van der Waals surface area contributed by atoms with Crippen LogP contribution in [0, 0.1) is 0 Å². The van der Waals surface area contributed by atoms with Crippen LogP contribution in [-0.4, -0.2) is 24.4 Å². The zero-order valence-electron chi connectivity index (χ0n) is 11.2. The molecule has 0 aromatic heterocycles. The maximum absolute atomic E-state index is 9.62. The monoisotopic (exact) mass is 237 g/mol. The number of hydrogen-bond donors (Lipinski definition) is 2. The Morgan fingerprint density at radius 1 is 1.41 bits per heavy atom. The number of nitrogens with one attached hydrogen (secondary N) is 1. The van der Waals surface area contributed by atoms with E-state index >= 15 is 0 Å². The molecule has 1 aromatic rings. The smallest absolute Gasteiger partial charge is 0.119 e. The van der Waals surface area contributed by atoms with Crippen molar-refractivity contribution in [2.24, 2.45) is 0 Å². The summed E-state index contributed by atoms with van der Waals surface area (Å²) < 4.78 is 5.20. The topological polar surface area (TPSA) is 41.5 Å². The highest BCUT2D eigenvalue weighted by molar-refractivity contribution is 5.30. The van der Waals surface area contributed by atoms with E-state index in [4.69, 9.17) is 4.74 Å². The molecule has 0 aliphatic carbocycles. The summed E-state index contributed by atoms with van der Waals surface area (Å²) in [4.78, 5) is 0. The molecule has 0 radical (unpaired) electrons. The summed E-state index contributed by atoms with van der Waals surface area (Å²) in [6.07, 6.45) is 0.737. The maximum atomic E-state index is 9.62. The number of methoxy groups -OCH3 is 1. The molecule has 2 N–H and O–H groups in total. The van der Waals surface area contributed by atoms with E-state index in [2.05, 4.69) is 18.3 Å². The summed E-state index contributed by atoms with van der Waals surface area (Å²) in [5.74, 6) is 0.874. The predicted molar refractivity (Wildman–Crippen MR) is 70.3 cm³/mol. The molecule has 0 unspecified atom stereocenters. The summed E-state index contributed by atoms with van der Waals surface area (Å²) in [5.41, 5.74) is 0.585. The highest BCUT2D eigenvalue weighted by atomic mass is 16.5. The minimum absolute atomic E-state index is 0.257. The average molecular weight is 237 g/mol. The Bertz CT molecular complexity index is 344. The number of ether oxygens (including phenoxy) is 1. The van der Waals surface area contributed by atoms with Gasteiger partial charge in [-0.2, -0.15) is 0 Å². The molecule has 3 nitrogen and oxygen atoms in total. The van der Waals surface area contributed by atoms with E-state index < -0.39 is 5.60 Å². The first kappa shape index (κ1) is 14.0. The fraction of sp³-hybridized carbons (Fsp3) is 0.571. The molecule has 0 bridgehead atoms. The quantitative estimate of drug-likeness (QED) is 0.798. The minimum atomic E-state index is -0.610. The molecular formula is C14H23NO2. The third-order valence-electron chi connectivity index (χ3n) is 2.78. The SMILES string of the molecule is COc1cccc([C@@H](C)NCCC(C)(C)O)c1. The second-order valence-corrected chi connectivity index (χ2v) is 5.01. The lowest BCUT2D eigenvalue weighted by Gasteiger charge is -2.20. The zero-order valence-corrected chi connectivity index (χ0v) is 11.2. The molecular weight excluding hydrogens is 214 g/mol. The fourth-order valence-corrected chi connectivity index (χ4v) is 1.62. The van der Waals surface area contributed by atoms with E-state index in [0.717, 1.165) is 18.7 Å². The second-order valence-electron chi connectivity index (χ2n) is 5.01. The van der Waals surface area contributed by atoms with Gasteiger partial charge in [0.2, 0.25) is 0 Å². The molecule has 0 saturated heterocycles. The van der Waals surface area contributed by atoms with Crippen LogP contribution in [0.25, 0.3) is 0 Å². The number of rotatable bonds is 6. The van der Waals surface area contributed by atoms with Gasteiger partial charge in [0.15, 0.2) is 0 Å². The van der Waals surface area contributed by atoms with Gasteiger partial charge in [0, 0.05) is 6.04 Å². The van der Waals surface area contributed by atoms with Gasteiger partial charge in [0.25, 0.3) is 0 Å². The number of hydrogen-bond acceptors (Lipinski definition) is 3. The van der Waals surface area contributed by atoms with Gasteiger partial charge in [-0.1, -0.05) is 12.1 Å². The van der Waals surface area contributed by atoms with Gasteiger partial charge in [0.1, 0.15) is 5.75 Å². The van der Waals surface area contributed by atoms with E-state index in [1.807, 2.05) is 32.0 Å². The van der Waals surface area contributed by atoms with Crippen LogP contribution in [0.3, 0.4) is 0 Å². The van der Waals surface area contributed by atoms with Crippen LogP contribution < -0.4 is 10.1 Å². The van der Waals surface area contributed by atoms with Crippen molar-refractivity contribution in [1.29, 1.82) is 0 Å². The average Bonchev–Trinajstić information content (AvgIpc) is 2.27. The van der Waals surface area contributed by atoms with Crippen LogP contribution in [0.4, 0.5) is 0 Å². The van der Waals surface area contributed by atoms with Crippen molar-refractivity contribution >= 4 is 0 Å². The molecule has 0 aliphatic heterocycles. The van der Waals surface area contributed by atoms with Crippen LogP contribution in [0.15, 0.2) is 24.3 Å². The van der Waals surface area contributed by atoms with Gasteiger partial charge in [-0.05, 0) is 51.4 Å². The van der Waals surface area contributed by atoms with E-state index in [1.165, 1.54) is 5.56 Å². The fourth-order valence-electron chi connectivity index (χ4n) is 1.62. The first-order chi connectivity index (χ1) is 7.92. The molecule has 0 spiro atoms. The molecule has 0 heterocycles. The summed E-state index contributed by atoms with van der Waals surface area (Å²) in [7, 11) is 1.67. The van der Waals surface area contributed by atoms with Crippen molar-refractivity contribution in [3.8, 4) is 5.75 Å². The second kappa shape index (κ2) is 6.03. The lowest BCUT2D eigenvalue weighted by molar-refractivity contribution is 0.0705. The van der Waals surface area contributed by atoms with E-state index in [9.17, 15) is 5.11 Å². The molecule has 17 heavy (non-hydrogen) atoms. The van der Waals surface area contributed by atoms with Gasteiger partial charge < -0.3 is 15.2 Å². The number of aliphatic hydroxyl groups is 1. The molecule has 0 aliphatic rings. The third kappa shape index (κ3) is 5.20. The Labute approximate surface area is 104 Å². The summed E-state index contributed by atoms with van der Waals surface area (Å²) >= 11 is 0. The number of benzene rings is 1. The largest absolute Gasteiger partial charge is 0.497 e. The Hall–Kier alpha value is -1.06. The van der Waals surface area contributed by atoms with Crippen molar-refractivity contribution in [3.63, 3.8) is 0 Å². The van der Waals surface area contributed by atoms with Crippen LogP contribution in [0.1, 0.15) is 38.8 Å². The Balaban J connectivity index is 2.49. The van der Waals surface area contributed by atoms with Crippen molar-refractivity contribution < 1.29 is 9.84 Å². The van der Waals surface area contributed by atoms with E-state index in [1.54, 1.807) is 7.11 Å². The molecule has 3 heteroatoms. The molecule has 1 aromatic carbocycles. The first-order valence-corrected chi connectivity index (χ1v) is 6.02. The van der Waals surface area contributed by atoms with Crippen molar-refractivity contribution in [2.75, 3.05) is 13.7 Å². The summed E-state index contributed by atoms with van der Waals surface area (Å²) in [5, 5.41) is 13.0. The molecule has 1 rings (SSSR count). The highest BCUT2D eigenvalue weighted by Gasteiger charge is 2.13. The Kier molecular flexibility index (Phi) is 4.97. The predicted octanol–water partition coefficient (Wildman–Crippen LogP) is 2.51. The van der Waals surface area contributed by atoms with Gasteiger partial charge in [-0.15, -0.1) is 0 Å². The standard InChI is InChI=1S/C14H23NO2/c1-11(15-9-8-14(2,3)16)12-6-5-7-13(10-12)17-4/h5-7,10-11,15-16H,8-9H2,1-4H3/t11-/m1/s1. The van der Waals surface area contributed by atoms with Crippen molar-refractivity contribution in [1.82, 2.24) is 5.32 Å². The van der Waals surface area contributed by atoms with Gasteiger partial charge >= 0.3 is 0 Å². The first-order valence-electron chi connectivity index (χ1n) is 6.02. The van der Waals surface area contributed by atoms with Crippen molar-refractivity contribution in [2.45, 2.75) is 38.8 Å². The van der Waals surface area contributed by atoms with Crippen LogP contribution in [-0.2, 0) is 0 Å². The third-order valence-corrected chi connectivity index (χ3v) is 2.78. The molecule has 0 fully saturated rings. The van der Waals surface area contributed by atoms with E-state index in [-0.39, 0.29) is 6.04 Å². The molecule has 0 amide bonds. The normalized spacial score (nSPS) is 13.5. The highest BCUT2D eigenvalue weighted by Crippen LogP contribution is 2.19. The molecule has 0 saturated carbocycles. The zero-order chi connectivity index (χ0) is 12.9. The van der Waals surface area contributed by atoms with Crippen LogP contribution in [0.5, 0.6) is 5.75 Å². The van der Waals surface area contributed by atoms with Gasteiger partial charge in [-0.25, -0.2) is 0 Å². The van der Waals surface area contributed by atoms with Crippen LogP contribution >= 0.6 is 0 Å². The van der Waals surface area contributed by atoms with Gasteiger partial charge in [0.05, 0.1) is 12.7 Å².